The van der Waals surface area contributed by atoms with Crippen molar-refractivity contribution >= 4 is 17.6 Å². The Labute approximate surface area is 173 Å². The summed E-state index contributed by atoms with van der Waals surface area (Å²) in [6.45, 7) is 10.8. The smallest absolute Gasteiger partial charge is 0.306 e. The van der Waals surface area contributed by atoms with E-state index in [0.29, 0.717) is 13.1 Å². The van der Waals surface area contributed by atoms with E-state index < -0.39 is 24.0 Å². The fourth-order valence-electron chi connectivity index (χ4n) is 3.90. The summed E-state index contributed by atoms with van der Waals surface area (Å²) in [6, 6.07) is 7.18. The van der Waals surface area contributed by atoms with E-state index in [1.807, 2.05) is 54.8 Å². The summed E-state index contributed by atoms with van der Waals surface area (Å²) in [7, 11) is 0. The molecule has 29 heavy (non-hydrogen) atoms. The van der Waals surface area contributed by atoms with Gasteiger partial charge in [0.25, 0.3) is 0 Å². The third-order valence-electron chi connectivity index (χ3n) is 5.98. The van der Waals surface area contributed by atoms with E-state index in [-0.39, 0.29) is 30.3 Å². The average molecular weight is 406 g/mol. The summed E-state index contributed by atoms with van der Waals surface area (Å²) < 4.78 is 0. The number of nitrogens with two attached hydrogens (primary N) is 1. The third kappa shape index (κ3) is 5.56. The van der Waals surface area contributed by atoms with E-state index in [0.717, 1.165) is 11.3 Å². The zero-order chi connectivity index (χ0) is 21.9. The molecular formula is C22H35N3O4. The molecule has 1 amide bonds. The van der Waals surface area contributed by atoms with Gasteiger partial charge in [-0.15, -0.1) is 0 Å². The number of aliphatic hydroxyl groups excluding tert-OH is 1. The van der Waals surface area contributed by atoms with Crippen molar-refractivity contribution in [3.8, 4) is 0 Å². The Morgan fingerprint density at radius 1 is 1.28 bits per heavy atom. The van der Waals surface area contributed by atoms with Gasteiger partial charge in [-0.1, -0.05) is 32.0 Å². The van der Waals surface area contributed by atoms with Crippen LogP contribution in [0.5, 0.6) is 0 Å². The molecule has 1 saturated heterocycles. The van der Waals surface area contributed by atoms with Crippen LogP contribution in [0.1, 0.15) is 39.7 Å². The van der Waals surface area contributed by atoms with Crippen LogP contribution in [0.4, 0.5) is 5.69 Å². The molecule has 7 heteroatoms. The van der Waals surface area contributed by atoms with E-state index in [1.165, 1.54) is 0 Å². The Hall–Kier alpha value is -1.96. The summed E-state index contributed by atoms with van der Waals surface area (Å²) in [5.74, 6) is -1.67. The lowest BCUT2D eigenvalue weighted by Crippen LogP contribution is -2.64. The molecule has 1 aliphatic heterocycles. The number of para-hydroxylation sites is 1. The fourth-order valence-corrected chi connectivity index (χ4v) is 3.90. The van der Waals surface area contributed by atoms with Gasteiger partial charge >= 0.3 is 5.97 Å². The van der Waals surface area contributed by atoms with E-state index in [4.69, 9.17) is 5.73 Å². The number of aryl methyl sites for hydroxylation is 1. The van der Waals surface area contributed by atoms with Crippen molar-refractivity contribution in [2.75, 3.05) is 24.5 Å². The number of piperazine rings is 1. The van der Waals surface area contributed by atoms with E-state index in [9.17, 15) is 19.8 Å². The molecule has 3 atom stereocenters. The lowest BCUT2D eigenvalue weighted by molar-refractivity contribution is -0.144. The monoisotopic (exact) mass is 405 g/mol. The molecule has 0 aliphatic carbocycles. The number of carboxylic acid groups (broad SMARTS) is 1. The fraction of sp³-hybridized carbons (Fsp3) is 0.636. The van der Waals surface area contributed by atoms with Gasteiger partial charge in [-0.3, -0.25) is 14.5 Å². The zero-order valence-electron chi connectivity index (χ0n) is 18.1. The van der Waals surface area contributed by atoms with Gasteiger partial charge in [0.05, 0.1) is 18.6 Å². The number of rotatable bonds is 8. The second kappa shape index (κ2) is 9.24. The molecule has 1 fully saturated rings. The largest absolute Gasteiger partial charge is 0.481 e. The number of anilines is 1. The van der Waals surface area contributed by atoms with Crippen molar-refractivity contribution < 1.29 is 19.8 Å². The lowest BCUT2D eigenvalue weighted by atomic mass is 9.87. The van der Waals surface area contributed by atoms with Crippen molar-refractivity contribution in [3.05, 3.63) is 29.8 Å². The van der Waals surface area contributed by atoms with Gasteiger partial charge in [0, 0.05) is 30.4 Å². The predicted octanol–water partition coefficient (Wildman–Crippen LogP) is 1.86. The van der Waals surface area contributed by atoms with Crippen molar-refractivity contribution in [1.29, 1.82) is 0 Å². The maximum Gasteiger partial charge on any atom is 0.306 e. The molecule has 1 aromatic rings. The number of benzene rings is 1. The van der Waals surface area contributed by atoms with E-state index in [2.05, 4.69) is 13.8 Å². The first kappa shape index (κ1) is 23.3. The number of carbonyl (C=O) groups excluding carboxylic acids is 1. The normalized spacial score (nSPS) is 20.6. The number of nitrogens with zero attached hydrogens (tertiary/aromatic N) is 2. The van der Waals surface area contributed by atoms with Crippen LogP contribution in [-0.4, -0.2) is 64.3 Å². The first-order valence-corrected chi connectivity index (χ1v) is 10.2. The first-order chi connectivity index (χ1) is 13.4. The minimum atomic E-state index is -0.946. The molecule has 0 unspecified atom stereocenters. The molecule has 1 aromatic carbocycles. The van der Waals surface area contributed by atoms with Crippen LogP contribution in [0.25, 0.3) is 0 Å². The quantitative estimate of drug-likeness (QED) is 0.609. The molecule has 0 aromatic heterocycles. The minimum absolute atomic E-state index is 0.00842. The molecule has 0 radical (unpaired) electrons. The van der Waals surface area contributed by atoms with E-state index >= 15 is 0 Å². The zero-order valence-corrected chi connectivity index (χ0v) is 18.1. The van der Waals surface area contributed by atoms with Gasteiger partial charge in [-0.2, -0.15) is 0 Å². The van der Waals surface area contributed by atoms with Gasteiger partial charge < -0.3 is 20.8 Å². The van der Waals surface area contributed by atoms with Gasteiger partial charge in [-0.25, -0.2) is 0 Å². The van der Waals surface area contributed by atoms with Gasteiger partial charge in [0.2, 0.25) is 5.91 Å². The van der Waals surface area contributed by atoms with Gasteiger partial charge in [-0.05, 0) is 44.7 Å². The van der Waals surface area contributed by atoms with Crippen LogP contribution in [0, 0.1) is 18.8 Å². The number of carbonyl (C=O) groups is 2. The Kier molecular flexibility index (Phi) is 7.43. The topological polar surface area (TPSA) is 107 Å². The number of amides is 1. The Balaban J connectivity index is 2.07. The number of carboxylic acids is 1. The summed E-state index contributed by atoms with van der Waals surface area (Å²) in [4.78, 5) is 28.1. The summed E-state index contributed by atoms with van der Waals surface area (Å²) >= 11 is 0. The van der Waals surface area contributed by atoms with Crippen LogP contribution in [0.2, 0.25) is 0 Å². The summed E-state index contributed by atoms with van der Waals surface area (Å²) in [5.41, 5.74) is 7.85. The molecule has 0 saturated carbocycles. The summed E-state index contributed by atoms with van der Waals surface area (Å²) in [6.07, 6.45) is -0.843. The van der Waals surface area contributed by atoms with Gasteiger partial charge in [0.15, 0.2) is 0 Å². The average Bonchev–Trinajstić information content (AvgIpc) is 2.62. The van der Waals surface area contributed by atoms with Crippen LogP contribution in [0.15, 0.2) is 24.3 Å². The SMILES string of the molecule is Cc1ccccc1N1CC(C)(C)N(C[C@H](N)[C@@H](O)C[C@H](C(=O)O)C(C)C)CC1=O. The van der Waals surface area contributed by atoms with Crippen molar-refractivity contribution in [2.45, 2.75) is 58.7 Å². The first-order valence-electron chi connectivity index (χ1n) is 10.2. The number of hydrogen-bond donors (Lipinski definition) is 3. The Morgan fingerprint density at radius 2 is 1.90 bits per heavy atom. The molecule has 4 N–H and O–H groups in total. The number of hydrogen-bond acceptors (Lipinski definition) is 5. The molecule has 0 spiro atoms. The summed E-state index contributed by atoms with van der Waals surface area (Å²) in [5, 5.41) is 19.9. The Morgan fingerprint density at radius 3 is 2.45 bits per heavy atom. The second-order valence-electron chi connectivity index (χ2n) is 9.11. The number of aliphatic hydroxyl groups is 1. The number of aliphatic carboxylic acids is 1. The molecular weight excluding hydrogens is 370 g/mol. The predicted molar refractivity (Wildman–Crippen MR) is 114 cm³/mol. The highest BCUT2D eigenvalue weighted by molar-refractivity contribution is 5.96. The van der Waals surface area contributed by atoms with Crippen LogP contribution in [0.3, 0.4) is 0 Å². The van der Waals surface area contributed by atoms with Gasteiger partial charge in [0.1, 0.15) is 0 Å². The maximum atomic E-state index is 12.9. The highest BCUT2D eigenvalue weighted by Crippen LogP contribution is 2.29. The molecule has 0 bridgehead atoms. The maximum absolute atomic E-state index is 12.9. The lowest BCUT2D eigenvalue weighted by Gasteiger charge is -2.48. The molecule has 7 nitrogen and oxygen atoms in total. The van der Waals surface area contributed by atoms with Crippen molar-refractivity contribution in [3.63, 3.8) is 0 Å². The van der Waals surface area contributed by atoms with Crippen LogP contribution < -0.4 is 10.6 Å². The highest BCUT2D eigenvalue weighted by atomic mass is 16.4. The Bertz CT molecular complexity index is 735. The van der Waals surface area contributed by atoms with Crippen LogP contribution >= 0.6 is 0 Å². The standard InChI is InChI=1S/C22H35N3O4/c1-14(2)16(21(28)29)10-19(26)17(23)11-24-12-20(27)25(13-22(24,4)5)18-9-7-6-8-15(18)3/h6-9,14,16-17,19,26H,10-13,23H2,1-5H3,(H,28,29)/t16-,17-,19-/m0/s1. The third-order valence-corrected chi connectivity index (χ3v) is 5.98. The van der Waals surface area contributed by atoms with E-state index in [1.54, 1.807) is 0 Å². The van der Waals surface area contributed by atoms with Crippen molar-refractivity contribution in [2.24, 2.45) is 17.6 Å². The molecule has 2 rings (SSSR count). The molecule has 1 heterocycles. The molecule has 162 valence electrons. The van der Waals surface area contributed by atoms with Crippen molar-refractivity contribution in [1.82, 2.24) is 4.90 Å². The molecule has 1 aliphatic rings. The van der Waals surface area contributed by atoms with Crippen LogP contribution in [-0.2, 0) is 9.59 Å². The highest BCUT2D eigenvalue weighted by Gasteiger charge is 2.40. The second-order valence-corrected chi connectivity index (χ2v) is 9.11. The minimum Gasteiger partial charge on any atom is -0.481 e.